The molecule has 0 radical (unpaired) electrons. The van der Waals surface area contributed by atoms with Gasteiger partial charge in [-0.15, -0.1) is 11.3 Å². The fourth-order valence-electron chi connectivity index (χ4n) is 2.65. The zero-order valence-corrected chi connectivity index (χ0v) is 12.5. The van der Waals surface area contributed by atoms with E-state index in [1.54, 1.807) is 16.2 Å². The van der Waals surface area contributed by atoms with Crippen LogP contribution < -0.4 is 10.6 Å². The number of rotatable bonds is 2. The van der Waals surface area contributed by atoms with Crippen LogP contribution in [0.3, 0.4) is 0 Å². The van der Waals surface area contributed by atoms with E-state index in [4.69, 9.17) is 5.73 Å². The Morgan fingerprint density at radius 1 is 1.25 bits per heavy atom. The highest BCUT2D eigenvalue weighted by Gasteiger charge is 2.22. The van der Waals surface area contributed by atoms with Crippen molar-refractivity contribution < 1.29 is 4.79 Å². The van der Waals surface area contributed by atoms with E-state index in [-0.39, 0.29) is 11.9 Å². The number of carbonyl (C=O) groups is 1. The Kier molecular flexibility index (Phi) is 3.36. The van der Waals surface area contributed by atoms with Gasteiger partial charge in [0.1, 0.15) is 0 Å². The summed E-state index contributed by atoms with van der Waals surface area (Å²) in [5.74, 6) is 0.184. The number of aryl methyl sites for hydroxylation is 2. The lowest BCUT2D eigenvalue weighted by Gasteiger charge is -2.26. The number of nitrogens with two attached hydrogens (primary N) is 1. The van der Waals surface area contributed by atoms with Gasteiger partial charge in [0.05, 0.1) is 6.04 Å². The molecule has 0 spiro atoms. The Labute approximate surface area is 123 Å². The molecule has 2 N–H and O–H groups in total. The summed E-state index contributed by atoms with van der Waals surface area (Å²) in [6.45, 7) is 2.09. The van der Waals surface area contributed by atoms with Crippen molar-refractivity contribution in [2.45, 2.75) is 25.8 Å². The lowest BCUT2D eigenvalue weighted by Crippen LogP contribution is -2.31. The van der Waals surface area contributed by atoms with Crippen molar-refractivity contribution in [3.63, 3.8) is 0 Å². The molecule has 0 fully saturated rings. The third-order valence-electron chi connectivity index (χ3n) is 3.87. The van der Waals surface area contributed by atoms with Crippen LogP contribution in [0.25, 0.3) is 0 Å². The first-order chi connectivity index (χ1) is 9.56. The van der Waals surface area contributed by atoms with Crippen molar-refractivity contribution in [1.29, 1.82) is 0 Å². The molecule has 1 aromatic carbocycles. The second kappa shape index (κ2) is 5.04. The minimum Gasteiger partial charge on any atom is -0.320 e. The maximum atomic E-state index is 11.7. The van der Waals surface area contributed by atoms with Gasteiger partial charge in [-0.2, -0.15) is 0 Å². The second-order valence-corrected chi connectivity index (χ2v) is 6.59. The van der Waals surface area contributed by atoms with Crippen LogP contribution in [0.2, 0.25) is 0 Å². The van der Waals surface area contributed by atoms with E-state index < -0.39 is 0 Å². The van der Waals surface area contributed by atoms with Gasteiger partial charge in [0.25, 0.3) is 0 Å². The fraction of sp³-hybridized carbons (Fsp3) is 0.312. The van der Waals surface area contributed by atoms with E-state index in [1.165, 1.54) is 15.3 Å². The van der Waals surface area contributed by atoms with E-state index in [2.05, 4.69) is 25.1 Å². The molecular weight excluding hydrogens is 268 g/mol. The predicted molar refractivity (Wildman–Crippen MR) is 83.3 cm³/mol. The van der Waals surface area contributed by atoms with Gasteiger partial charge in [0, 0.05) is 28.9 Å². The van der Waals surface area contributed by atoms with Gasteiger partial charge in [0.15, 0.2) is 0 Å². The highest BCUT2D eigenvalue weighted by atomic mass is 32.1. The van der Waals surface area contributed by atoms with Gasteiger partial charge < -0.3 is 10.6 Å². The van der Waals surface area contributed by atoms with Crippen LogP contribution in [-0.4, -0.2) is 13.0 Å². The van der Waals surface area contributed by atoms with Crippen molar-refractivity contribution in [1.82, 2.24) is 0 Å². The van der Waals surface area contributed by atoms with E-state index in [0.29, 0.717) is 6.42 Å². The third kappa shape index (κ3) is 2.25. The zero-order chi connectivity index (χ0) is 14.3. The number of hydrogen-bond donors (Lipinski definition) is 1. The molecule has 0 bridgehead atoms. The summed E-state index contributed by atoms with van der Waals surface area (Å²) in [6.07, 6.45) is 1.39. The number of anilines is 1. The Bertz CT molecular complexity index is 662. The van der Waals surface area contributed by atoms with E-state index in [1.807, 2.05) is 19.2 Å². The van der Waals surface area contributed by atoms with Crippen LogP contribution in [0.15, 0.2) is 30.3 Å². The number of amides is 1. The number of nitrogens with zero attached hydrogens (tertiary/aromatic N) is 1. The average molecular weight is 286 g/mol. The van der Waals surface area contributed by atoms with Crippen molar-refractivity contribution in [3.05, 3.63) is 51.2 Å². The topological polar surface area (TPSA) is 46.3 Å². The van der Waals surface area contributed by atoms with Crippen LogP contribution in [0.5, 0.6) is 0 Å². The van der Waals surface area contributed by atoms with Crippen LogP contribution in [0.1, 0.15) is 33.3 Å². The van der Waals surface area contributed by atoms with Gasteiger partial charge in [-0.3, -0.25) is 4.79 Å². The number of hydrogen-bond acceptors (Lipinski definition) is 3. The molecule has 104 valence electrons. The molecule has 1 amide bonds. The largest absolute Gasteiger partial charge is 0.320 e. The smallest absolute Gasteiger partial charge is 0.227 e. The fourth-order valence-corrected chi connectivity index (χ4v) is 3.56. The maximum Gasteiger partial charge on any atom is 0.227 e. The summed E-state index contributed by atoms with van der Waals surface area (Å²) >= 11 is 1.74. The number of thiophene rings is 1. The van der Waals surface area contributed by atoms with Crippen molar-refractivity contribution in [2.75, 3.05) is 11.9 Å². The van der Waals surface area contributed by atoms with Crippen LogP contribution in [0.4, 0.5) is 5.69 Å². The van der Waals surface area contributed by atoms with Crippen LogP contribution >= 0.6 is 11.3 Å². The second-order valence-electron chi connectivity index (χ2n) is 5.27. The molecule has 1 unspecified atom stereocenters. The molecule has 2 aromatic rings. The predicted octanol–water partition coefficient (Wildman–Crippen LogP) is 3.01. The molecule has 1 aliphatic heterocycles. The van der Waals surface area contributed by atoms with Gasteiger partial charge in [-0.1, -0.05) is 12.1 Å². The Morgan fingerprint density at radius 3 is 2.75 bits per heavy atom. The molecule has 3 rings (SSSR count). The van der Waals surface area contributed by atoms with Crippen molar-refractivity contribution >= 4 is 22.9 Å². The summed E-state index contributed by atoms with van der Waals surface area (Å²) in [6, 6.07) is 10.3. The summed E-state index contributed by atoms with van der Waals surface area (Å²) in [5, 5.41) is 0. The minimum atomic E-state index is -0.0815. The molecule has 0 saturated heterocycles. The van der Waals surface area contributed by atoms with Crippen molar-refractivity contribution in [2.24, 2.45) is 5.73 Å². The van der Waals surface area contributed by atoms with Gasteiger partial charge in [-0.25, -0.2) is 0 Å². The SMILES string of the molecule is Cc1ccc(C(N)c2ccc3c(c2)CCC(=O)N3C)s1. The summed E-state index contributed by atoms with van der Waals surface area (Å²) in [7, 11) is 1.84. The lowest BCUT2D eigenvalue weighted by atomic mass is 9.96. The molecule has 1 atom stereocenters. The normalized spacial score (nSPS) is 16.1. The highest BCUT2D eigenvalue weighted by molar-refractivity contribution is 7.12. The standard InChI is InChI=1S/C16H18N2OS/c1-10-3-7-14(20-10)16(17)12-4-6-13-11(9-12)5-8-15(19)18(13)2/h3-4,6-7,9,16H,5,8,17H2,1-2H3. The first-order valence-electron chi connectivity index (χ1n) is 6.77. The Balaban J connectivity index is 1.95. The Morgan fingerprint density at radius 2 is 2.05 bits per heavy atom. The first-order valence-corrected chi connectivity index (χ1v) is 7.59. The van der Waals surface area contributed by atoms with Gasteiger partial charge >= 0.3 is 0 Å². The van der Waals surface area contributed by atoms with Gasteiger partial charge in [0.2, 0.25) is 5.91 Å². The molecule has 20 heavy (non-hydrogen) atoms. The molecule has 4 heteroatoms. The first kappa shape index (κ1) is 13.3. The van der Waals surface area contributed by atoms with E-state index in [9.17, 15) is 4.79 Å². The average Bonchev–Trinajstić information content (AvgIpc) is 2.88. The van der Waals surface area contributed by atoms with Gasteiger partial charge in [-0.05, 0) is 42.7 Å². The molecule has 0 saturated carbocycles. The maximum absolute atomic E-state index is 11.7. The third-order valence-corrected chi connectivity index (χ3v) is 4.96. The summed E-state index contributed by atoms with van der Waals surface area (Å²) in [5.41, 5.74) is 9.70. The zero-order valence-electron chi connectivity index (χ0n) is 11.7. The quantitative estimate of drug-likeness (QED) is 0.922. The number of benzene rings is 1. The van der Waals surface area contributed by atoms with Crippen molar-refractivity contribution in [3.8, 4) is 0 Å². The minimum absolute atomic E-state index is 0.0815. The lowest BCUT2D eigenvalue weighted by molar-refractivity contribution is -0.118. The molecule has 2 heterocycles. The molecule has 0 aliphatic carbocycles. The Hall–Kier alpha value is -1.65. The molecule has 3 nitrogen and oxygen atoms in total. The van der Waals surface area contributed by atoms with E-state index in [0.717, 1.165) is 17.7 Å². The number of carbonyl (C=O) groups excluding carboxylic acids is 1. The molecular formula is C16H18N2OS. The summed E-state index contributed by atoms with van der Waals surface area (Å²) < 4.78 is 0. The van der Waals surface area contributed by atoms with E-state index >= 15 is 0 Å². The van der Waals surface area contributed by atoms with Crippen LogP contribution in [-0.2, 0) is 11.2 Å². The van der Waals surface area contributed by atoms with Crippen LogP contribution in [0, 0.1) is 6.92 Å². The molecule has 1 aliphatic rings. The monoisotopic (exact) mass is 286 g/mol. The summed E-state index contributed by atoms with van der Waals surface area (Å²) in [4.78, 5) is 15.9. The highest BCUT2D eigenvalue weighted by Crippen LogP contribution is 2.32. The molecule has 1 aromatic heterocycles. The number of fused-ring (bicyclic) bond motifs is 1.